The quantitative estimate of drug-likeness (QED) is 0.159. The minimum absolute atomic E-state index is 0.0224. The fourth-order valence-electron chi connectivity index (χ4n) is 8.28. The van der Waals surface area contributed by atoms with Gasteiger partial charge in [-0.25, -0.2) is 0 Å². The zero-order valence-electron chi connectivity index (χ0n) is 33.0. The van der Waals surface area contributed by atoms with Gasteiger partial charge in [0.1, 0.15) is 11.5 Å². The molecule has 0 N–H and O–H groups in total. The monoisotopic (exact) mass is 734 g/mol. The van der Waals surface area contributed by atoms with Crippen LogP contribution in [-0.4, -0.2) is 12.2 Å². The number of benzene rings is 6. The normalized spacial score (nSPS) is 15.5. The van der Waals surface area contributed by atoms with Crippen molar-refractivity contribution in [2.45, 2.75) is 87.9 Å². The highest BCUT2D eigenvalue weighted by Crippen LogP contribution is 2.48. The second-order valence-corrected chi connectivity index (χ2v) is 19.8. The van der Waals surface area contributed by atoms with Crippen LogP contribution in [0.4, 0.5) is 0 Å². The number of rotatable bonds is 6. The zero-order valence-corrected chi connectivity index (χ0v) is 34.8. The summed E-state index contributed by atoms with van der Waals surface area (Å²) in [5.74, 6) is 1.86. The lowest BCUT2D eigenvalue weighted by Gasteiger charge is -2.29. The molecule has 270 valence electrons. The molecule has 0 radical (unpaired) electrons. The van der Waals surface area contributed by atoms with Crippen molar-refractivity contribution in [3.05, 3.63) is 154 Å². The highest BCUT2D eigenvalue weighted by molar-refractivity contribution is 7.80. The molecule has 0 unspecified atom stereocenters. The molecule has 0 aromatic heterocycles. The van der Waals surface area contributed by atoms with Gasteiger partial charge in [-0.05, 0) is 129 Å². The van der Waals surface area contributed by atoms with Crippen LogP contribution < -0.4 is 41.3 Å². The fourth-order valence-corrected chi connectivity index (χ4v) is 14.0. The third kappa shape index (κ3) is 8.01. The highest BCUT2D eigenvalue weighted by Gasteiger charge is 2.32. The Bertz CT molecular complexity index is 1980. The number of hydrogen-bond acceptors (Lipinski definition) is 2. The number of hydrogen-bond donors (Lipinski definition) is 0. The van der Waals surface area contributed by atoms with E-state index < -0.39 is 15.8 Å². The van der Waals surface area contributed by atoms with E-state index in [0.29, 0.717) is 0 Å². The number of aryl methyl sites for hydroxylation is 8. The summed E-state index contributed by atoms with van der Waals surface area (Å²) in [5, 5.41) is 7.99. The van der Waals surface area contributed by atoms with Gasteiger partial charge in [-0.1, -0.05) is 142 Å². The van der Waals surface area contributed by atoms with Gasteiger partial charge in [0.15, 0.2) is 0 Å². The molecule has 0 spiro atoms. The van der Waals surface area contributed by atoms with Crippen molar-refractivity contribution in [1.82, 2.24) is 0 Å². The van der Waals surface area contributed by atoms with Crippen LogP contribution in [0.1, 0.15) is 64.8 Å². The Kier molecular flexibility index (Phi) is 10.7. The van der Waals surface area contributed by atoms with E-state index in [9.17, 15) is 0 Å². The second kappa shape index (κ2) is 15.3. The lowest BCUT2D eigenvalue weighted by molar-refractivity contribution is 0.134. The molecule has 1 heterocycles. The summed E-state index contributed by atoms with van der Waals surface area (Å²) in [5.41, 5.74) is 12.6. The Morgan fingerprint density at radius 3 is 0.925 bits per heavy atom. The minimum atomic E-state index is -0.994. The maximum Gasteiger partial charge on any atom is 0.128 e. The van der Waals surface area contributed by atoms with Crippen LogP contribution in [0.2, 0.25) is 0 Å². The minimum Gasteiger partial charge on any atom is -0.490 e. The molecule has 6 aromatic rings. The molecule has 0 bridgehead atoms. The Labute approximate surface area is 320 Å². The Morgan fingerprint density at radius 2 is 0.660 bits per heavy atom. The standard InChI is InChI=1S/C49H52O2P2/c1-30-17-31(2)22-40(21-30)52(41-23-32(3)18-33(4)24-41)46-15-11-13-44-48(46)49-45(51-39(10)29-38(9)50-44)14-12-16-47(49)53(42-25-34(5)19-35(6)26-42)43-27-36(7)20-37(8)28-43/h11-28,38-39H,29H2,1-10H3/t38-,39-/m0/s1. The Balaban J connectivity index is 1.62. The van der Waals surface area contributed by atoms with Gasteiger partial charge in [-0.2, -0.15) is 0 Å². The fraction of sp³-hybridized carbons (Fsp3) is 0.265. The van der Waals surface area contributed by atoms with Crippen LogP contribution in [0, 0.1) is 55.4 Å². The third-order valence-corrected chi connectivity index (χ3v) is 14.7. The molecule has 0 saturated carbocycles. The van der Waals surface area contributed by atoms with Crippen molar-refractivity contribution >= 4 is 47.7 Å². The summed E-state index contributed by atoms with van der Waals surface area (Å²) in [6.45, 7) is 22.1. The molecule has 2 atom stereocenters. The van der Waals surface area contributed by atoms with E-state index in [2.05, 4.69) is 178 Å². The molecule has 6 aromatic carbocycles. The van der Waals surface area contributed by atoms with Gasteiger partial charge >= 0.3 is 0 Å². The second-order valence-electron chi connectivity index (χ2n) is 15.4. The average Bonchev–Trinajstić information content (AvgIpc) is 3.09. The Hall–Kier alpha value is -4.22. The van der Waals surface area contributed by atoms with Gasteiger partial charge in [-0.3, -0.25) is 0 Å². The van der Waals surface area contributed by atoms with E-state index in [1.165, 1.54) is 76.3 Å². The van der Waals surface area contributed by atoms with Gasteiger partial charge in [0.25, 0.3) is 0 Å². The van der Waals surface area contributed by atoms with Gasteiger partial charge in [0.2, 0.25) is 0 Å². The van der Waals surface area contributed by atoms with Gasteiger partial charge in [0.05, 0.1) is 12.2 Å². The average molecular weight is 735 g/mol. The van der Waals surface area contributed by atoms with E-state index >= 15 is 0 Å². The first-order chi connectivity index (χ1) is 25.3. The van der Waals surface area contributed by atoms with Gasteiger partial charge in [-0.15, -0.1) is 0 Å². The number of fused-ring (bicyclic) bond motifs is 3. The Morgan fingerprint density at radius 1 is 0.396 bits per heavy atom. The number of ether oxygens (including phenoxy) is 2. The van der Waals surface area contributed by atoms with Crippen molar-refractivity contribution in [2.24, 2.45) is 0 Å². The van der Waals surface area contributed by atoms with Crippen LogP contribution >= 0.6 is 15.8 Å². The van der Waals surface area contributed by atoms with Crippen LogP contribution in [0.15, 0.2) is 109 Å². The first-order valence-electron chi connectivity index (χ1n) is 18.9. The van der Waals surface area contributed by atoms with Crippen molar-refractivity contribution in [1.29, 1.82) is 0 Å². The van der Waals surface area contributed by atoms with Crippen molar-refractivity contribution in [3.63, 3.8) is 0 Å². The maximum absolute atomic E-state index is 7.06. The predicted octanol–water partition coefficient (Wildman–Crippen LogP) is 10.3. The van der Waals surface area contributed by atoms with Crippen LogP contribution in [-0.2, 0) is 0 Å². The summed E-state index contributed by atoms with van der Waals surface area (Å²) >= 11 is 0. The molecule has 4 heteroatoms. The SMILES string of the molecule is Cc1cc(C)cc(P(c2cc(C)cc(C)c2)c2cccc3c2-c2c(cccc2P(c2cc(C)cc(C)c2)c2cc(C)cc(C)c2)O[C@@H](C)C[C@H](C)O3)c1. The summed E-state index contributed by atoms with van der Waals surface area (Å²) in [6.07, 6.45) is 0.746. The summed E-state index contributed by atoms with van der Waals surface area (Å²) in [6, 6.07) is 41.9. The van der Waals surface area contributed by atoms with Crippen molar-refractivity contribution < 1.29 is 9.47 Å². The lowest BCUT2D eigenvalue weighted by atomic mass is 10.0. The van der Waals surface area contributed by atoms with Crippen LogP contribution in [0.5, 0.6) is 11.5 Å². The largest absolute Gasteiger partial charge is 0.490 e. The lowest BCUT2D eigenvalue weighted by Crippen LogP contribution is -2.27. The van der Waals surface area contributed by atoms with Crippen LogP contribution in [0.25, 0.3) is 11.1 Å². The molecule has 0 amide bonds. The highest BCUT2D eigenvalue weighted by atomic mass is 31.1. The van der Waals surface area contributed by atoms with Crippen molar-refractivity contribution in [2.75, 3.05) is 0 Å². The molecular weight excluding hydrogens is 682 g/mol. The first-order valence-corrected chi connectivity index (χ1v) is 21.5. The zero-order chi connectivity index (χ0) is 37.6. The van der Waals surface area contributed by atoms with E-state index in [1.807, 2.05) is 0 Å². The van der Waals surface area contributed by atoms with E-state index in [0.717, 1.165) is 29.0 Å². The molecule has 0 aliphatic carbocycles. The maximum atomic E-state index is 7.06. The molecular formula is C49H52O2P2. The van der Waals surface area contributed by atoms with E-state index in [1.54, 1.807) is 0 Å². The summed E-state index contributed by atoms with van der Waals surface area (Å²) in [7, 11) is -1.99. The molecule has 2 nitrogen and oxygen atoms in total. The molecule has 1 aliphatic rings. The third-order valence-electron chi connectivity index (χ3n) is 9.92. The molecule has 0 saturated heterocycles. The molecule has 53 heavy (non-hydrogen) atoms. The molecule has 0 fully saturated rings. The summed E-state index contributed by atoms with van der Waals surface area (Å²) in [4.78, 5) is 0. The van der Waals surface area contributed by atoms with Crippen molar-refractivity contribution in [3.8, 4) is 22.6 Å². The molecule has 7 rings (SSSR count). The topological polar surface area (TPSA) is 18.5 Å². The van der Waals surface area contributed by atoms with Gasteiger partial charge < -0.3 is 9.47 Å². The van der Waals surface area contributed by atoms with E-state index in [-0.39, 0.29) is 12.2 Å². The smallest absolute Gasteiger partial charge is 0.128 e. The van der Waals surface area contributed by atoms with Crippen LogP contribution in [0.3, 0.4) is 0 Å². The predicted molar refractivity (Wildman–Crippen MR) is 232 cm³/mol. The first kappa shape index (κ1) is 37.1. The van der Waals surface area contributed by atoms with E-state index in [4.69, 9.17) is 9.47 Å². The molecule has 1 aliphatic heterocycles. The van der Waals surface area contributed by atoms with Gasteiger partial charge in [0, 0.05) is 17.5 Å². The summed E-state index contributed by atoms with van der Waals surface area (Å²) < 4.78 is 14.1.